The number of rotatable bonds is 13. The number of allylic oxidation sites excluding steroid dienone is 4. The predicted octanol–water partition coefficient (Wildman–Crippen LogP) is 9.32. The zero-order valence-corrected chi connectivity index (χ0v) is 21.5. The zero-order valence-electron chi connectivity index (χ0n) is 21.5. The van der Waals surface area contributed by atoms with Gasteiger partial charge in [-0.1, -0.05) is 68.5 Å². The van der Waals surface area contributed by atoms with Crippen molar-refractivity contribution < 1.29 is 0 Å². The molecule has 5 rings (SSSR count). The van der Waals surface area contributed by atoms with E-state index < -0.39 is 0 Å². The summed E-state index contributed by atoms with van der Waals surface area (Å²) in [5, 5.41) is 0. The molecule has 4 aliphatic carbocycles. The molecule has 1 aromatic carbocycles. The molecule has 0 aliphatic heterocycles. The molecule has 6 atom stereocenters. The van der Waals surface area contributed by atoms with Gasteiger partial charge in [0.25, 0.3) is 0 Å². The number of hydrogen-bond donors (Lipinski definition) is 0. The van der Waals surface area contributed by atoms with E-state index in [1.54, 1.807) is 11.1 Å². The molecule has 0 heterocycles. The van der Waals surface area contributed by atoms with Crippen LogP contribution in [0.1, 0.15) is 106 Å². The third-order valence-electron chi connectivity index (χ3n) is 9.92. The van der Waals surface area contributed by atoms with Crippen LogP contribution in [0, 0.1) is 49.4 Å². The summed E-state index contributed by atoms with van der Waals surface area (Å²) in [6, 6.07) is 5.04. The minimum atomic E-state index is 0.937. The van der Waals surface area contributed by atoms with Gasteiger partial charge in [0.1, 0.15) is 0 Å². The van der Waals surface area contributed by atoms with Crippen LogP contribution >= 0.6 is 0 Å². The molecule has 0 heteroatoms. The van der Waals surface area contributed by atoms with Crippen molar-refractivity contribution in [2.45, 2.75) is 110 Å². The summed E-state index contributed by atoms with van der Waals surface area (Å²) in [6.45, 7) is 4.70. The van der Waals surface area contributed by atoms with Gasteiger partial charge in [0.15, 0.2) is 0 Å². The first kappa shape index (κ1) is 23.4. The van der Waals surface area contributed by atoms with Gasteiger partial charge in [-0.05, 0) is 136 Å². The minimum Gasteiger partial charge on any atom is -0.0851 e. The Bertz CT molecular complexity index is 842. The Morgan fingerprint density at radius 3 is 1.42 bits per heavy atom. The van der Waals surface area contributed by atoms with Gasteiger partial charge in [-0.25, -0.2) is 0 Å². The van der Waals surface area contributed by atoms with Gasteiger partial charge in [0.05, 0.1) is 0 Å². The lowest BCUT2D eigenvalue weighted by Gasteiger charge is -2.18. The van der Waals surface area contributed by atoms with E-state index in [4.69, 9.17) is 0 Å². The smallest absolute Gasteiger partial charge is 0.0199 e. The Morgan fingerprint density at radius 2 is 1.00 bits per heavy atom. The van der Waals surface area contributed by atoms with Crippen LogP contribution < -0.4 is 0 Å². The lowest BCUT2D eigenvalue weighted by Crippen LogP contribution is -2.06. The molecule has 33 heavy (non-hydrogen) atoms. The van der Waals surface area contributed by atoms with Gasteiger partial charge in [-0.15, -0.1) is 0 Å². The van der Waals surface area contributed by atoms with Crippen LogP contribution in [0.2, 0.25) is 0 Å². The highest BCUT2D eigenvalue weighted by Gasteiger charge is 2.35. The molecule has 2 fully saturated rings. The van der Waals surface area contributed by atoms with E-state index in [1.807, 2.05) is 0 Å². The number of aryl methyl sites for hydroxylation is 4. The average Bonchev–Trinajstić information content (AvgIpc) is 3.60. The second-order valence-electron chi connectivity index (χ2n) is 12.3. The first-order chi connectivity index (χ1) is 16.2. The highest BCUT2D eigenvalue weighted by atomic mass is 14.4. The van der Waals surface area contributed by atoms with Crippen molar-refractivity contribution in [2.75, 3.05) is 0 Å². The van der Waals surface area contributed by atoms with Crippen LogP contribution in [0.4, 0.5) is 0 Å². The van der Waals surface area contributed by atoms with Crippen molar-refractivity contribution in [1.29, 1.82) is 0 Å². The van der Waals surface area contributed by atoms with Crippen molar-refractivity contribution in [2.24, 2.45) is 35.5 Å². The molecule has 4 aliphatic rings. The Hall–Kier alpha value is -1.30. The molecular formula is C33H48. The van der Waals surface area contributed by atoms with E-state index in [9.17, 15) is 0 Å². The van der Waals surface area contributed by atoms with E-state index in [0.717, 1.165) is 35.5 Å². The third-order valence-corrected chi connectivity index (χ3v) is 9.92. The van der Waals surface area contributed by atoms with E-state index in [-0.39, 0.29) is 0 Å². The molecule has 0 aromatic heterocycles. The van der Waals surface area contributed by atoms with Crippen molar-refractivity contribution in [3.05, 3.63) is 58.7 Å². The van der Waals surface area contributed by atoms with Crippen LogP contribution in [0.15, 0.2) is 36.4 Å². The second-order valence-corrected chi connectivity index (χ2v) is 12.3. The summed E-state index contributed by atoms with van der Waals surface area (Å²) < 4.78 is 0. The van der Waals surface area contributed by atoms with Crippen LogP contribution in [0.3, 0.4) is 0 Å². The van der Waals surface area contributed by atoms with E-state index in [0.29, 0.717) is 0 Å². The van der Waals surface area contributed by atoms with Gasteiger partial charge in [0, 0.05) is 0 Å². The van der Waals surface area contributed by atoms with Crippen molar-refractivity contribution in [3.63, 3.8) is 0 Å². The molecule has 180 valence electrons. The maximum absolute atomic E-state index is 2.52. The zero-order chi connectivity index (χ0) is 22.6. The molecule has 6 unspecified atom stereocenters. The number of hydrogen-bond acceptors (Lipinski definition) is 0. The summed E-state index contributed by atoms with van der Waals surface area (Å²) in [5.41, 5.74) is 6.30. The van der Waals surface area contributed by atoms with Crippen molar-refractivity contribution >= 4 is 0 Å². The van der Waals surface area contributed by atoms with Crippen molar-refractivity contribution in [3.8, 4) is 0 Å². The second kappa shape index (κ2) is 11.0. The van der Waals surface area contributed by atoms with E-state index in [2.05, 4.69) is 50.3 Å². The lowest BCUT2D eigenvalue weighted by atomic mass is 9.88. The molecule has 0 spiro atoms. The Morgan fingerprint density at radius 1 is 0.545 bits per heavy atom. The fraction of sp³-hybridized carbons (Fsp3) is 0.697. The summed E-state index contributed by atoms with van der Waals surface area (Å²) in [4.78, 5) is 0. The Balaban J connectivity index is 0.955. The van der Waals surface area contributed by atoms with Gasteiger partial charge in [0.2, 0.25) is 0 Å². The third kappa shape index (κ3) is 5.86. The quantitative estimate of drug-likeness (QED) is 0.210. The first-order valence-electron chi connectivity index (χ1n) is 14.6. The molecule has 4 bridgehead atoms. The maximum atomic E-state index is 2.52. The molecule has 0 amide bonds. The number of benzene rings is 1. The molecule has 0 radical (unpaired) electrons. The maximum Gasteiger partial charge on any atom is -0.0199 e. The summed E-state index contributed by atoms with van der Waals surface area (Å²) in [7, 11) is 0. The van der Waals surface area contributed by atoms with Crippen molar-refractivity contribution in [1.82, 2.24) is 0 Å². The van der Waals surface area contributed by atoms with E-state index in [1.165, 1.54) is 107 Å². The predicted molar refractivity (Wildman–Crippen MR) is 143 cm³/mol. The molecular weight excluding hydrogens is 396 g/mol. The number of unbranched alkanes of at least 4 members (excludes halogenated alkanes) is 5. The molecule has 0 saturated heterocycles. The van der Waals surface area contributed by atoms with Gasteiger partial charge in [-0.3, -0.25) is 0 Å². The average molecular weight is 445 g/mol. The highest BCUT2D eigenvalue weighted by molar-refractivity contribution is 5.37. The normalized spacial score (nSPS) is 31.3. The first-order valence-corrected chi connectivity index (χ1v) is 14.6. The summed E-state index contributed by atoms with van der Waals surface area (Å²) in [6.07, 6.45) is 31.3. The molecule has 1 aromatic rings. The lowest BCUT2D eigenvalue weighted by molar-refractivity contribution is 0.394. The van der Waals surface area contributed by atoms with Crippen LogP contribution in [-0.2, 0) is 12.8 Å². The topological polar surface area (TPSA) is 0 Å². The van der Waals surface area contributed by atoms with Gasteiger partial charge >= 0.3 is 0 Å². The van der Waals surface area contributed by atoms with Gasteiger partial charge in [-0.2, -0.15) is 0 Å². The Labute approximate surface area is 204 Å². The molecule has 0 N–H and O–H groups in total. The molecule has 2 saturated carbocycles. The molecule has 0 nitrogen and oxygen atoms in total. The summed E-state index contributed by atoms with van der Waals surface area (Å²) in [5.74, 6) is 5.80. The van der Waals surface area contributed by atoms with E-state index >= 15 is 0 Å². The monoisotopic (exact) mass is 444 g/mol. The van der Waals surface area contributed by atoms with Gasteiger partial charge < -0.3 is 0 Å². The summed E-state index contributed by atoms with van der Waals surface area (Å²) >= 11 is 0. The standard InChI is InChI=1S/C33H48/c1-24-19-29(11-8-5-9-13-31-21-27-15-17-33(31)23-27)25(2)18-28(24)10-6-3-4-7-12-30-20-26-14-16-32(30)22-26/h14-19,26-27,30-33H,3-13,20-23H2,1-2H3. The largest absolute Gasteiger partial charge is 0.0851 e. The number of fused-ring (bicyclic) bond motifs is 4. The van der Waals surface area contributed by atoms with Crippen LogP contribution in [0.5, 0.6) is 0 Å². The SMILES string of the molecule is Cc1cc(CCCCCC2CC3C=CC2C3)c(C)cc1CCCCCCC1CC2C=CC1C2. The highest BCUT2D eigenvalue weighted by Crippen LogP contribution is 2.46. The Kier molecular flexibility index (Phi) is 7.79. The van der Waals surface area contributed by atoms with Crippen LogP contribution in [0.25, 0.3) is 0 Å². The minimum absolute atomic E-state index is 0.937. The van der Waals surface area contributed by atoms with Crippen LogP contribution in [-0.4, -0.2) is 0 Å². The fourth-order valence-corrected chi connectivity index (χ4v) is 7.90. The fourth-order valence-electron chi connectivity index (χ4n) is 7.90.